The van der Waals surface area contributed by atoms with E-state index >= 15 is 0 Å². The van der Waals surface area contributed by atoms with E-state index < -0.39 is 15.9 Å². The SMILES string of the molecule is CCCn1c(=NC(=O)c2ccc(S(=O)(=O)N3CCc4ccccc43)cc2)sc2cc(OCC)ccc21. The van der Waals surface area contributed by atoms with E-state index in [9.17, 15) is 13.2 Å². The second-order valence-electron chi connectivity index (χ2n) is 8.50. The van der Waals surface area contributed by atoms with Gasteiger partial charge in [-0.25, -0.2) is 8.42 Å². The molecule has 0 radical (unpaired) electrons. The molecule has 7 nitrogen and oxygen atoms in total. The van der Waals surface area contributed by atoms with Gasteiger partial charge in [0, 0.05) is 18.7 Å². The summed E-state index contributed by atoms with van der Waals surface area (Å²) >= 11 is 1.44. The van der Waals surface area contributed by atoms with Crippen LogP contribution in [0.15, 0.2) is 76.6 Å². The van der Waals surface area contributed by atoms with Crippen LogP contribution in [0, 0.1) is 0 Å². The number of sulfonamides is 1. The quantitative estimate of drug-likeness (QED) is 0.343. The second-order valence-corrected chi connectivity index (χ2v) is 11.4. The number of thiazole rings is 1. The number of fused-ring (bicyclic) bond motifs is 2. The van der Waals surface area contributed by atoms with Crippen LogP contribution in [0.3, 0.4) is 0 Å². The molecule has 2 heterocycles. The van der Waals surface area contributed by atoms with Crippen LogP contribution >= 0.6 is 11.3 Å². The van der Waals surface area contributed by atoms with Crippen molar-refractivity contribution in [2.24, 2.45) is 4.99 Å². The van der Waals surface area contributed by atoms with Gasteiger partial charge in [0.15, 0.2) is 4.80 Å². The molecule has 4 aromatic rings. The molecule has 3 aromatic carbocycles. The molecule has 186 valence electrons. The summed E-state index contributed by atoms with van der Waals surface area (Å²) in [5.41, 5.74) is 3.07. The normalized spacial score (nSPS) is 13.8. The van der Waals surface area contributed by atoms with Gasteiger partial charge >= 0.3 is 0 Å². The summed E-state index contributed by atoms with van der Waals surface area (Å²) in [5.74, 6) is 0.372. The van der Waals surface area contributed by atoms with E-state index in [1.807, 2.05) is 54.0 Å². The molecular formula is C27H27N3O4S2. The lowest BCUT2D eigenvalue weighted by Crippen LogP contribution is -2.29. The van der Waals surface area contributed by atoms with Gasteiger partial charge in [0.05, 0.1) is 27.4 Å². The van der Waals surface area contributed by atoms with Crippen LogP contribution < -0.4 is 13.8 Å². The second kappa shape index (κ2) is 9.91. The molecule has 0 saturated carbocycles. The smallest absolute Gasteiger partial charge is 0.279 e. The molecule has 0 bridgehead atoms. The summed E-state index contributed by atoms with van der Waals surface area (Å²) in [6, 6.07) is 19.4. The van der Waals surface area contributed by atoms with E-state index in [4.69, 9.17) is 4.74 Å². The van der Waals surface area contributed by atoms with Crippen LogP contribution in [-0.4, -0.2) is 32.0 Å². The van der Waals surface area contributed by atoms with Crippen molar-refractivity contribution in [1.82, 2.24) is 4.57 Å². The molecule has 1 aliphatic rings. The molecule has 5 rings (SSSR count). The molecule has 9 heteroatoms. The topological polar surface area (TPSA) is 81.0 Å². The minimum Gasteiger partial charge on any atom is -0.494 e. The average molecular weight is 522 g/mol. The van der Waals surface area contributed by atoms with E-state index in [1.165, 1.54) is 39.9 Å². The molecule has 36 heavy (non-hydrogen) atoms. The standard InChI is InChI=1S/C27H27N3O4S2/c1-3-16-29-24-14-11-21(34-4-2)18-25(24)35-27(29)28-26(31)20-9-12-22(13-10-20)36(32,33)30-17-15-19-7-5-6-8-23(19)30/h5-14,18H,3-4,15-17H2,1-2H3. The Labute approximate surface area is 214 Å². The molecule has 1 amide bonds. The van der Waals surface area contributed by atoms with Crippen molar-refractivity contribution < 1.29 is 17.9 Å². The number of ether oxygens (including phenoxy) is 1. The molecule has 0 N–H and O–H groups in total. The maximum Gasteiger partial charge on any atom is 0.279 e. The van der Waals surface area contributed by atoms with Gasteiger partial charge < -0.3 is 9.30 Å². The van der Waals surface area contributed by atoms with Gasteiger partial charge in [-0.2, -0.15) is 4.99 Å². The highest BCUT2D eigenvalue weighted by molar-refractivity contribution is 7.92. The predicted molar refractivity (Wildman–Crippen MR) is 142 cm³/mol. The lowest BCUT2D eigenvalue weighted by atomic mass is 10.2. The number of hydrogen-bond acceptors (Lipinski definition) is 5. The van der Waals surface area contributed by atoms with Crippen molar-refractivity contribution in [1.29, 1.82) is 0 Å². The number of nitrogens with zero attached hydrogens (tertiary/aromatic N) is 3. The lowest BCUT2D eigenvalue weighted by molar-refractivity contribution is 0.0997. The van der Waals surface area contributed by atoms with Gasteiger partial charge in [-0.15, -0.1) is 0 Å². The van der Waals surface area contributed by atoms with Crippen molar-refractivity contribution in [2.45, 2.75) is 38.1 Å². The van der Waals surface area contributed by atoms with Crippen molar-refractivity contribution in [3.8, 4) is 5.75 Å². The first kappa shape index (κ1) is 24.3. The Bertz CT molecular complexity index is 1600. The maximum absolute atomic E-state index is 13.3. The lowest BCUT2D eigenvalue weighted by Gasteiger charge is -2.19. The van der Waals surface area contributed by atoms with Crippen molar-refractivity contribution in [3.05, 3.63) is 82.7 Å². The fraction of sp³-hybridized carbons (Fsp3) is 0.259. The Morgan fingerprint density at radius 2 is 1.83 bits per heavy atom. The molecule has 1 aliphatic heterocycles. The first-order valence-corrected chi connectivity index (χ1v) is 14.2. The number of benzene rings is 3. The van der Waals surface area contributed by atoms with Gasteiger partial charge in [-0.3, -0.25) is 9.10 Å². The van der Waals surface area contributed by atoms with Crippen molar-refractivity contribution in [3.63, 3.8) is 0 Å². The van der Waals surface area contributed by atoms with E-state index in [0.717, 1.165) is 34.5 Å². The van der Waals surface area contributed by atoms with Crippen molar-refractivity contribution >= 4 is 43.2 Å². The van der Waals surface area contributed by atoms with E-state index in [2.05, 4.69) is 11.9 Å². The first-order valence-electron chi connectivity index (χ1n) is 12.0. The number of carbonyl (C=O) groups excluding carboxylic acids is 1. The predicted octanol–water partition coefficient (Wildman–Crippen LogP) is 5.00. The van der Waals surface area contributed by atoms with Crippen LogP contribution in [-0.2, 0) is 23.0 Å². The zero-order valence-corrected chi connectivity index (χ0v) is 21.8. The number of aryl methyl sites for hydroxylation is 1. The van der Waals surface area contributed by atoms with E-state index in [1.54, 1.807) is 0 Å². The number of amides is 1. The number of para-hydroxylation sites is 1. The van der Waals surface area contributed by atoms with Crippen molar-refractivity contribution in [2.75, 3.05) is 17.5 Å². The number of rotatable bonds is 7. The summed E-state index contributed by atoms with van der Waals surface area (Å²) in [4.78, 5) is 18.2. The molecule has 0 aliphatic carbocycles. The average Bonchev–Trinajstić information content (AvgIpc) is 3.46. The first-order chi connectivity index (χ1) is 17.4. The fourth-order valence-electron chi connectivity index (χ4n) is 4.44. The molecule has 0 atom stereocenters. The fourth-order valence-corrected chi connectivity index (χ4v) is 7.03. The largest absolute Gasteiger partial charge is 0.494 e. The van der Waals surface area contributed by atoms with Gasteiger partial charge in [-0.05, 0) is 73.9 Å². The van der Waals surface area contributed by atoms with Gasteiger partial charge in [-0.1, -0.05) is 36.5 Å². The van der Waals surface area contributed by atoms with Gasteiger partial charge in [0.25, 0.3) is 15.9 Å². The number of anilines is 1. The van der Waals surface area contributed by atoms with Gasteiger partial charge in [0.1, 0.15) is 5.75 Å². The van der Waals surface area contributed by atoms with E-state index in [0.29, 0.717) is 35.6 Å². The highest BCUT2D eigenvalue weighted by Gasteiger charge is 2.30. The Balaban J connectivity index is 1.45. The zero-order chi connectivity index (χ0) is 25.3. The minimum absolute atomic E-state index is 0.155. The number of hydrogen-bond donors (Lipinski definition) is 0. The summed E-state index contributed by atoms with van der Waals surface area (Å²) in [6.45, 7) is 5.74. The highest BCUT2D eigenvalue weighted by atomic mass is 32.2. The Morgan fingerprint density at radius 3 is 2.58 bits per heavy atom. The van der Waals surface area contributed by atoms with Crippen LogP contribution in [0.25, 0.3) is 10.2 Å². The molecule has 0 fully saturated rings. The summed E-state index contributed by atoms with van der Waals surface area (Å²) in [6.07, 6.45) is 1.58. The maximum atomic E-state index is 13.3. The van der Waals surface area contributed by atoms with Crippen LogP contribution in [0.2, 0.25) is 0 Å². The van der Waals surface area contributed by atoms with Crippen LogP contribution in [0.4, 0.5) is 5.69 Å². The Kier molecular flexibility index (Phi) is 6.68. The summed E-state index contributed by atoms with van der Waals surface area (Å²) in [5, 5.41) is 0. The highest BCUT2D eigenvalue weighted by Crippen LogP contribution is 2.32. The molecule has 0 saturated heterocycles. The van der Waals surface area contributed by atoms with Crippen LogP contribution in [0.5, 0.6) is 5.75 Å². The van der Waals surface area contributed by atoms with E-state index in [-0.39, 0.29) is 4.90 Å². The zero-order valence-electron chi connectivity index (χ0n) is 20.2. The number of carbonyl (C=O) groups is 1. The third-order valence-electron chi connectivity index (χ3n) is 6.14. The van der Waals surface area contributed by atoms with Crippen LogP contribution in [0.1, 0.15) is 36.2 Å². The Hall–Kier alpha value is -3.43. The third-order valence-corrected chi connectivity index (χ3v) is 9.01. The summed E-state index contributed by atoms with van der Waals surface area (Å²) in [7, 11) is -3.72. The van der Waals surface area contributed by atoms with Gasteiger partial charge in [0.2, 0.25) is 0 Å². The number of aromatic nitrogens is 1. The molecule has 1 aromatic heterocycles. The monoisotopic (exact) mass is 521 g/mol. The third kappa shape index (κ3) is 4.44. The molecular weight excluding hydrogens is 494 g/mol. The molecule has 0 spiro atoms. The summed E-state index contributed by atoms with van der Waals surface area (Å²) < 4.78 is 36.6. The Morgan fingerprint density at radius 1 is 1.06 bits per heavy atom. The minimum atomic E-state index is -3.72. The molecule has 0 unspecified atom stereocenters.